The van der Waals surface area contributed by atoms with Gasteiger partial charge in [0.15, 0.2) is 9.84 Å². The monoisotopic (exact) mass is 339 g/mol. The molecule has 23 heavy (non-hydrogen) atoms. The molecule has 0 atom stereocenters. The molecule has 3 nitrogen and oxygen atoms in total. The number of sulfone groups is 1. The van der Waals surface area contributed by atoms with E-state index in [1.165, 1.54) is 30.4 Å². The van der Waals surface area contributed by atoms with E-state index in [0.717, 1.165) is 32.4 Å². The van der Waals surface area contributed by atoms with Crippen molar-refractivity contribution in [3.8, 4) is 0 Å². The fourth-order valence-corrected chi connectivity index (χ4v) is 3.48. The predicted octanol–water partition coefficient (Wildman–Crippen LogP) is 4.11. The minimum atomic E-state index is -2.87. The number of hydrogen-bond acceptors (Lipinski definition) is 3. The van der Waals surface area contributed by atoms with E-state index in [9.17, 15) is 8.42 Å². The highest BCUT2D eigenvalue weighted by atomic mass is 32.2. The zero-order valence-corrected chi connectivity index (χ0v) is 15.8. The molecule has 1 aromatic carbocycles. The molecule has 4 heteroatoms. The Labute approximate surface area is 142 Å². The van der Waals surface area contributed by atoms with Crippen molar-refractivity contribution in [3.63, 3.8) is 0 Å². The first-order chi connectivity index (χ1) is 11.0. The maximum absolute atomic E-state index is 11.7. The summed E-state index contributed by atoms with van der Waals surface area (Å²) in [5.41, 5.74) is 2.73. The first-order valence-corrected chi connectivity index (χ1v) is 10.7. The number of benzene rings is 1. The van der Waals surface area contributed by atoms with Crippen LogP contribution in [-0.4, -0.2) is 26.0 Å². The largest absolute Gasteiger partial charge is 0.313 e. The second kappa shape index (κ2) is 10.8. The van der Waals surface area contributed by atoms with Crippen molar-refractivity contribution in [1.29, 1.82) is 0 Å². The van der Waals surface area contributed by atoms with Crippen LogP contribution in [0.1, 0.15) is 64.0 Å². The van der Waals surface area contributed by atoms with Crippen LogP contribution >= 0.6 is 0 Å². The summed E-state index contributed by atoms with van der Waals surface area (Å²) < 4.78 is 23.4. The summed E-state index contributed by atoms with van der Waals surface area (Å²) in [6, 6.07) is 8.85. The Morgan fingerprint density at radius 2 is 1.61 bits per heavy atom. The van der Waals surface area contributed by atoms with Crippen molar-refractivity contribution >= 4 is 9.84 Å². The molecular weight excluding hydrogens is 306 g/mol. The summed E-state index contributed by atoms with van der Waals surface area (Å²) >= 11 is 0. The van der Waals surface area contributed by atoms with Crippen molar-refractivity contribution in [2.75, 3.05) is 12.3 Å². The van der Waals surface area contributed by atoms with Crippen LogP contribution < -0.4 is 5.32 Å². The van der Waals surface area contributed by atoms with E-state index >= 15 is 0 Å². The van der Waals surface area contributed by atoms with Crippen molar-refractivity contribution in [1.82, 2.24) is 5.32 Å². The lowest BCUT2D eigenvalue weighted by atomic mass is 10.1. The maximum atomic E-state index is 11.7. The number of nitrogens with one attached hydrogen (secondary N) is 1. The van der Waals surface area contributed by atoms with Gasteiger partial charge in [-0.25, -0.2) is 8.42 Å². The van der Waals surface area contributed by atoms with Crippen molar-refractivity contribution < 1.29 is 8.42 Å². The van der Waals surface area contributed by atoms with Gasteiger partial charge >= 0.3 is 0 Å². The molecule has 0 aliphatic heterocycles. The fraction of sp³-hybridized carbons (Fsp3) is 0.684. The van der Waals surface area contributed by atoms with E-state index in [1.54, 1.807) is 13.8 Å². The SMILES string of the molecule is CCCCc1ccc(CNCCCCCS(=O)(=O)C(C)C)cc1. The molecule has 0 saturated heterocycles. The first-order valence-electron chi connectivity index (χ1n) is 8.96. The van der Waals surface area contributed by atoms with Crippen LogP contribution in [0, 0.1) is 0 Å². The number of unbranched alkanes of at least 4 members (excludes halogenated alkanes) is 3. The van der Waals surface area contributed by atoms with Crippen molar-refractivity contribution in [2.24, 2.45) is 0 Å². The number of hydrogen-bond donors (Lipinski definition) is 1. The Balaban J connectivity index is 2.11. The predicted molar refractivity (Wildman–Crippen MR) is 99.5 cm³/mol. The van der Waals surface area contributed by atoms with Gasteiger partial charge in [0.1, 0.15) is 0 Å². The van der Waals surface area contributed by atoms with Gasteiger partial charge in [-0.1, -0.05) is 44.0 Å². The van der Waals surface area contributed by atoms with Crippen LogP contribution in [0.25, 0.3) is 0 Å². The number of aryl methyl sites for hydroxylation is 1. The Hall–Kier alpha value is -0.870. The van der Waals surface area contributed by atoms with Gasteiger partial charge in [0.25, 0.3) is 0 Å². The molecule has 0 heterocycles. The van der Waals surface area contributed by atoms with Gasteiger partial charge in [0.05, 0.1) is 11.0 Å². The third-order valence-electron chi connectivity index (χ3n) is 4.17. The lowest BCUT2D eigenvalue weighted by molar-refractivity contribution is 0.576. The molecule has 0 amide bonds. The van der Waals surface area contributed by atoms with Gasteiger partial charge in [-0.15, -0.1) is 0 Å². The second-order valence-electron chi connectivity index (χ2n) is 6.57. The van der Waals surface area contributed by atoms with Crippen LogP contribution in [0.4, 0.5) is 0 Å². The zero-order chi connectivity index (χ0) is 17.1. The molecular formula is C19H33NO2S. The smallest absolute Gasteiger partial charge is 0.152 e. The van der Waals surface area contributed by atoms with E-state index in [-0.39, 0.29) is 5.25 Å². The molecule has 0 unspecified atom stereocenters. The summed E-state index contributed by atoms with van der Waals surface area (Å²) in [6.07, 6.45) is 6.43. The van der Waals surface area contributed by atoms with E-state index < -0.39 is 9.84 Å². The zero-order valence-electron chi connectivity index (χ0n) is 15.0. The topological polar surface area (TPSA) is 46.2 Å². The Morgan fingerprint density at radius 1 is 0.957 bits per heavy atom. The standard InChI is InChI=1S/C19H33NO2S/c1-4-5-9-18-10-12-19(13-11-18)16-20-14-7-6-8-15-23(21,22)17(2)3/h10-13,17,20H,4-9,14-16H2,1-3H3. The third-order valence-corrected chi connectivity index (χ3v) is 6.47. The summed E-state index contributed by atoms with van der Waals surface area (Å²) in [7, 11) is -2.87. The molecule has 0 spiro atoms. The van der Waals surface area contributed by atoms with Gasteiger partial charge in [-0.3, -0.25) is 0 Å². The molecule has 1 aromatic rings. The highest BCUT2D eigenvalue weighted by Crippen LogP contribution is 2.08. The molecule has 0 radical (unpaired) electrons. The molecule has 0 fully saturated rings. The van der Waals surface area contributed by atoms with Crippen molar-refractivity contribution in [2.45, 2.75) is 71.1 Å². The molecule has 0 aromatic heterocycles. The van der Waals surface area contributed by atoms with Crippen LogP contribution in [-0.2, 0) is 22.8 Å². The lowest BCUT2D eigenvalue weighted by Gasteiger charge is -2.08. The average molecular weight is 340 g/mol. The van der Waals surface area contributed by atoms with E-state index in [2.05, 4.69) is 36.5 Å². The normalized spacial score (nSPS) is 12.0. The molecule has 1 rings (SSSR count). The molecule has 132 valence electrons. The molecule has 0 aliphatic rings. The highest BCUT2D eigenvalue weighted by molar-refractivity contribution is 7.91. The summed E-state index contributed by atoms with van der Waals surface area (Å²) in [5.74, 6) is 0.323. The average Bonchev–Trinajstić information content (AvgIpc) is 2.53. The maximum Gasteiger partial charge on any atom is 0.152 e. The van der Waals surface area contributed by atoms with Crippen LogP contribution in [0.15, 0.2) is 24.3 Å². The van der Waals surface area contributed by atoms with Gasteiger partial charge in [-0.05, 0) is 57.2 Å². The lowest BCUT2D eigenvalue weighted by Crippen LogP contribution is -2.18. The number of rotatable bonds is 12. The van der Waals surface area contributed by atoms with Crippen LogP contribution in [0.5, 0.6) is 0 Å². The Kier molecular flexibility index (Phi) is 9.49. The Bertz CT molecular complexity index is 521. The van der Waals surface area contributed by atoms with Gasteiger partial charge < -0.3 is 5.32 Å². The highest BCUT2D eigenvalue weighted by Gasteiger charge is 2.14. The van der Waals surface area contributed by atoms with Gasteiger partial charge in [0.2, 0.25) is 0 Å². The van der Waals surface area contributed by atoms with Crippen molar-refractivity contribution in [3.05, 3.63) is 35.4 Å². The minimum Gasteiger partial charge on any atom is -0.313 e. The van der Waals surface area contributed by atoms with Crippen LogP contribution in [0.3, 0.4) is 0 Å². The fourth-order valence-electron chi connectivity index (χ4n) is 2.40. The van der Waals surface area contributed by atoms with E-state index in [1.807, 2.05) is 0 Å². The molecule has 1 N–H and O–H groups in total. The molecule has 0 aliphatic carbocycles. The van der Waals surface area contributed by atoms with Crippen LogP contribution in [0.2, 0.25) is 0 Å². The molecule has 0 saturated carbocycles. The summed E-state index contributed by atoms with van der Waals surface area (Å²) in [5, 5.41) is 3.19. The second-order valence-corrected chi connectivity index (χ2v) is 9.25. The van der Waals surface area contributed by atoms with Gasteiger partial charge in [-0.2, -0.15) is 0 Å². The van der Waals surface area contributed by atoms with E-state index in [0.29, 0.717) is 5.75 Å². The minimum absolute atomic E-state index is 0.249. The Morgan fingerprint density at radius 3 is 2.22 bits per heavy atom. The van der Waals surface area contributed by atoms with Gasteiger partial charge in [0, 0.05) is 6.54 Å². The molecule has 0 bridgehead atoms. The third kappa shape index (κ3) is 8.52. The quantitative estimate of drug-likeness (QED) is 0.583. The first kappa shape index (κ1) is 20.2. The van der Waals surface area contributed by atoms with E-state index in [4.69, 9.17) is 0 Å². The summed E-state index contributed by atoms with van der Waals surface area (Å²) in [4.78, 5) is 0. The summed E-state index contributed by atoms with van der Waals surface area (Å²) in [6.45, 7) is 7.56.